The van der Waals surface area contributed by atoms with Crippen LogP contribution in [0.1, 0.15) is 25.0 Å². The lowest BCUT2D eigenvalue weighted by Gasteiger charge is -2.35. The Hall–Kier alpha value is -1.35. The molecule has 0 saturated carbocycles. The van der Waals surface area contributed by atoms with E-state index in [0.717, 1.165) is 43.4 Å². The van der Waals surface area contributed by atoms with Crippen LogP contribution >= 0.6 is 11.3 Å². The monoisotopic (exact) mass is 390 g/mol. The van der Waals surface area contributed by atoms with Crippen LogP contribution in [0.25, 0.3) is 0 Å². The summed E-state index contributed by atoms with van der Waals surface area (Å²) in [6, 6.07) is 0. The van der Waals surface area contributed by atoms with Crippen LogP contribution in [0.2, 0.25) is 0 Å². The first-order valence-electron chi connectivity index (χ1n) is 9.07. The molecule has 0 aromatic carbocycles. The Labute approximate surface area is 155 Å². The van der Waals surface area contributed by atoms with E-state index in [1.807, 2.05) is 12.3 Å². The average molecular weight is 390 g/mol. The molecule has 26 heavy (non-hydrogen) atoms. The molecule has 3 rings (SSSR count). The van der Waals surface area contributed by atoms with Gasteiger partial charge < -0.3 is 9.80 Å². The SMILES string of the molecule is Cc1csc(N2CCCN(CC(=O)N3CCCC(C(F)(F)F)C3)CC2)n1. The van der Waals surface area contributed by atoms with E-state index in [1.54, 1.807) is 11.3 Å². The number of likely N-dealkylation sites (tertiary alicyclic amines) is 1. The van der Waals surface area contributed by atoms with Gasteiger partial charge in [0.25, 0.3) is 0 Å². The third-order valence-electron chi connectivity index (χ3n) is 5.06. The minimum absolute atomic E-state index is 0.124. The van der Waals surface area contributed by atoms with Crippen molar-refractivity contribution in [2.75, 3.05) is 50.7 Å². The van der Waals surface area contributed by atoms with Gasteiger partial charge in [-0.3, -0.25) is 9.69 Å². The first-order chi connectivity index (χ1) is 12.3. The zero-order chi connectivity index (χ0) is 18.7. The lowest BCUT2D eigenvalue weighted by atomic mass is 9.97. The van der Waals surface area contributed by atoms with Crippen molar-refractivity contribution in [3.63, 3.8) is 0 Å². The summed E-state index contributed by atoms with van der Waals surface area (Å²) >= 11 is 1.62. The molecule has 0 bridgehead atoms. The Kier molecular flexibility index (Phi) is 6.06. The van der Waals surface area contributed by atoms with Gasteiger partial charge in [0, 0.05) is 44.6 Å². The van der Waals surface area contributed by atoms with E-state index in [4.69, 9.17) is 0 Å². The Morgan fingerprint density at radius 3 is 2.73 bits per heavy atom. The smallest absolute Gasteiger partial charge is 0.347 e. The number of halogens is 3. The summed E-state index contributed by atoms with van der Waals surface area (Å²) in [6.45, 7) is 5.59. The van der Waals surface area contributed by atoms with Gasteiger partial charge in [-0.05, 0) is 26.2 Å². The van der Waals surface area contributed by atoms with E-state index in [-0.39, 0.29) is 25.4 Å². The average Bonchev–Trinajstić information content (AvgIpc) is 2.89. The Morgan fingerprint density at radius 1 is 1.23 bits per heavy atom. The Balaban J connectivity index is 1.51. The second-order valence-corrected chi connectivity index (χ2v) is 7.95. The summed E-state index contributed by atoms with van der Waals surface area (Å²) in [5, 5.41) is 3.02. The van der Waals surface area contributed by atoms with Crippen molar-refractivity contribution in [3.05, 3.63) is 11.1 Å². The molecular formula is C17H25F3N4OS. The number of anilines is 1. The van der Waals surface area contributed by atoms with Gasteiger partial charge in [-0.1, -0.05) is 0 Å². The van der Waals surface area contributed by atoms with Crippen molar-refractivity contribution in [2.24, 2.45) is 5.92 Å². The van der Waals surface area contributed by atoms with Gasteiger partial charge in [-0.2, -0.15) is 13.2 Å². The highest BCUT2D eigenvalue weighted by atomic mass is 32.1. The van der Waals surface area contributed by atoms with Gasteiger partial charge in [0.2, 0.25) is 5.91 Å². The lowest BCUT2D eigenvalue weighted by molar-refractivity contribution is -0.188. The zero-order valence-corrected chi connectivity index (χ0v) is 15.8. The van der Waals surface area contributed by atoms with Crippen molar-refractivity contribution >= 4 is 22.4 Å². The topological polar surface area (TPSA) is 39.7 Å². The third-order valence-corrected chi connectivity index (χ3v) is 6.08. The standard InChI is InChI=1S/C17H25F3N4OS/c1-13-12-26-16(21-13)23-7-3-5-22(8-9-23)11-15(25)24-6-2-4-14(10-24)17(18,19)20/h12,14H,2-11H2,1H3. The predicted octanol–water partition coefficient (Wildman–Crippen LogP) is 2.76. The number of aromatic nitrogens is 1. The first kappa shape index (κ1) is 19.4. The molecule has 0 radical (unpaired) electrons. The molecule has 1 atom stereocenters. The van der Waals surface area contributed by atoms with Gasteiger partial charge in [0.1, 0.15) is 0 Å². The maximum absolute atomic E-state index is 12.9. The molecule has 0 spiro atoms. The van der Waals surface area contributed by atoms with Crippen molar-refractivity contribution in [2.45, 2.75) is 32.4 Å². The first-order valence-corrected chi connectivity index (χ1v) is 9.95. The molecule has 146 valence electrons. The van der Waals surface area contributed by atoms with Crippen LogP contribution in [0.5, 0.6) is 0 Å². The van der Waals surface area contributed by atoms with E-state index >= 15 is 0 Å². The number of nitrogens with zero attached hydrogens (tertiary/aromatic N) is 4. The van der Waals surface area contributed by atoms with E-state index in [2.05, 4.69) is 14.8 Å². The third kappa shape index (κ3) is 4.88. The van der Waals surface area contributed by atoms with Gasteiger partial charge in [-0.15, -0.1) is 11.3 Å². The molecular weight excluding hydrogens is 365 g/mol. The Morgan fingerprint density at radius 2 is 2.04 bits per heavy atom. The lowest BCUT2D eigenvalue weighted by Crippen LogP contribution is -2.48. The maximum Gasteiger partial charge on any atom is 0.393 e. The second-order valence-electron chi connectivity index (χ2n) is 7.11. The summed E-state index contributed by atoms with van der Waals surface area (Å²) in [5.74, 6) is -1.56. The molecule has 1 aromatic rings. The highest BCUT2D eigenvalue weighted by molar-refractivity contribution is 7.13. The summed E-state index contributed by atoms with van der Waals surface area (Å²) < 4.78 is 38.8. The van der Waals surface area contributed by atoms with E-state index in [0.29, 0.717) is 13.0 Å². The second kappa shape index (κ2) is 8.12. The summed E-state index contributed by atoms with van der Waals surface area (Å²) in [5.41, 5.74) is 1.01. The number of hydrogen-bond donors (Lipinski definition) is 0. The van der Waals surface area contributed by atoms with E-state index in [1.165, 1.54) is 4.90 Å². The summed E-state index contributed by atoms with van der Waals surface area (Å²) in [7, 11) is 0. The van der Waals surface area contributed by atoms with Crippen LogP contribution in [0.15, 0.2) is 5.38 Å². The number of carbonyl (C=O) groups is 1. The number of alkyl halides is 3. The molecule has 0 N–H and O–H groups in total. The van der Waals surface area contributed by atoms with Crippen molar-refractivity contribution in [3.8, 4) is 0 Å². The van der Waals surface area contributed by atoms with Crippen LogP contribution in [-0.2, 0) is 4.79 Å². The highest BCUT2D eigenvalue weighted by Crippen LogP contribution is 2.33. The zero-order valence-electron chi connectivity index (χ0n) is 15.0. The molecule has 2 fully saturated rings. The molecule has 1 unspecified atom stereocenters. The summed E-state index contributed by atoms with van der Waals surface area (Å²) in [6.07, 6.45) is -2.75. The minimum Gasteiger partial charge on any atom is -0.347 e. The highest BCUT2D eigenvalue weighted by Gasteiger charge is 2.42. The van der Waals surface area contributed by atoms with E-state index < -0.39 is 12.1 Å². The van der Waals surface area contributed by atoms with Crippen LogP contribution in [0.3, 0.4) is 0 Å². The van der Waals surface area contributed by atoms with Gasteiger partial charge in [-0.25, -0.2) is 4.98 Å². The molecule has 1 aromatic heterocycles. The normalized spacial score (nSPS) is 23.2. The van der Waals surface area contributed by atoms with E-state index in [9.17, 15) is 18.0 Å². The molecule has 9 heteroatoms. The summed E-state index contributed by atoms with van der Waals surface area (Å²) in [4.78, 5) is 22.7. The molecule has 5 nitrogen and oxygen atoms in total. The number of piperidine rings is 1. The fourth-order valence-electron chi connectivity index (χ4n) is 3.57. The molecule has 2 aliphatic rings. The molecule has 3 heterocycles. The fraction of sp³-hybridized carbons (Fsp3) is 0.765. The van der Waals surface area contributed by atoms with Crippen molar-refractivity contribution in [1.29, 1.82) is 0 Å². The molecule has 2 saturated heterocycles. The van der Waals surface area contributed by atoms with Gasteiger partial charge in [0.15, 0.2) is 5.13 Å². The quantitative estimate of drug-likeness (QED) is 0.796. The maximum atomic E-state index is 12.9. The van der Waals surface area contributed by atoms with Crippen LogP contribution < -0.4 is 4.90 Å². The molecule has 0 aliphatic carbocycles. The minimum atomic E-state index is -4.21. The number of amides is 1. The largest absolute Gasteiger partial charge is 0.393 e. The van der Waals surface area contributed by atoms with Gasteiger partial charge in [0.05, 0.1) is 18.2 Å². The number of carbonyl (C=O) groups excluding carboxylic acids is 1. The van der Waals surface area contributed by atoms with Crippen molar-refractivity contribution in [1.82, 2.24) is 14.8 Å². The van der Waals surface area contributed by atoms with Crippen molar-refractivity contribution < 1.29 is 18.0 Å². The molecule has 1 amide bonds. The number of hydrogen-bond acceptors (Lipinski definition) is 5. The van der Waals surface area contributed by atoms with Crippen LogP contribution in [0.4, 0.5) is 18.3 Å². The predicted molar refractivity (Wildman–Crippen MR) is 95.5 cm³/mol. The fourth-order valence-corrected chi connectivity index (χ4v) is 4.43. The van der Waals surface area contributed by atoms with Crippen LogP contribution in [0, 0.1) is 12.8 Å². The Bertz CT molecular complexity index is 621. The van der Waals surface area contributed by atoms with Gasteiger partial charge >= 0.3 is 6.18 Å². The van der Waals surface area contributed by atoms with Crippen LogP contribution in [-0.4, -0.2) is 72.7 Å². The molecule has 2 aliphatic heterocycles. The number of aryl methyl sites for hydroxylation is 1. The number of rotatable bonds is 3. The number of thiazole rings is 1.